The summed E-state index contributed by atoms with van der Waals surface area (Å²) in [5.74, 6) is -0.855. The molecule has 1 aromatic carbocycles. The predicted molar refractivity (Wildman–Crippen MR) is 77.2 cm³/mol. The van der Waals surface area contributed by atoms with Crippen LogP contribution in [0.5, 0.6) is 0 Å². The van der Waals surface area contributed by atoms with Gasteiger partial charge in [-0.05, 0) is 44.5 Å². The van der Waals surface area contributed by atoms with Crippen molar-refractivity contribution in [2.75, 3.05) is 25.0 Å². The van der Waals surface area contributed by atoms with Gasteiger partial charge in [-0.15, -0.1) is 0 Å². The third kappa shape index (κ3) is 2.24. The molecule has 0 radical (unpaired) electrons. The summed E-state index contributed by atoms with van der Waals surface area (Å²) in [5.41, 5.74) is 1.27. The third-order valence-electron chi connectivity index (χ3n) is 3.96. The van der Waals surface area contributed by atoms with Crippen molar-refractivity contribution in [2.45, 2.75) is 26.3 Å². The summed E-state index contributed by atoms with van der Waals surface area (Å²) in [4.78, 5) is 27.1. The molecule has 0 spiro atoms. The van der Waals surface area contributed by atoms with Crippen molar-refractivity contribution in [3.63, 3.8) is 0 Å². The number of aromatic carboxylic acids is 1. The maximum Gasteiger partial charge on any atom is 0.335 e. The van der Waals surface area contributed by atoms with Crippen LogP contribution in [0.1, 0.15) is 29.8 Å². The average Bonchev–Trinajstić information content (AvgIpc) is 2.35. The number of likely N-dealkylation sites (N-methyl/N-ethyl adjacent to an activating group) is 1. The molecule has 2 rings (SSSR count). The van der Waals surface area contributed by atoms with Crippen molar-refractivity contribution >= 4 is 17.6 Å². The molecule has 0 saturated carbocycles. The molecular formula is C15H20N2O3. The summed E-state index contributed by atoms with van der Waals surface area (Å²) in [5, 5.41) is 9.07. The van der Waals surface area contributed by atoms with Crippen LogP contribution in [-0.2, 0) is 4.79 Å². The van der Waals surface area contributed by atoms with Crippen LogP contribution in [0.3, 0.4) is 0 Å². The second-order valence-electron chi connectivity index (χ2n) is 5.74. The minimum atomic E-state index is -0.928. The zero-order chi connectivity index (χ0) is 15.1. The Balaban J connectivity index is 2.39. The van der Waals surface area contributed by atoms with Crippen molar-refractivity contribution in [3.8, 4) is 0 Å². The molecule has 1 saturated heterocycles. The first-order chi connectivity index (χ1) is 9.25. The molecule has 1 amide bonds. The van der Waals surface area contributed by atoms with Gasteiger partial charge in [-0.25, -0.2) is 4.79 Å². The van der Waals surface area contributed by atoms with E-state index in [4.69, 9.17) is 5.11 Å². The molecule has 1 heterocycles. The van der Waals surface area contributed by atoms with Gasteiger partial charge in [-0.1, -0.05) is 0 Å². The Morgan fingerprint density at radius 3 is 2.50 bits per heavy atom. The zero-order valence-corrected chi connectivity index (χ0v) is 12.3. The highest BCUT2D eigenvalue weighted by molar-refractivity contribution is 5.92. The van der Waals surface area contributed by atoms with E-state index in [2.05, 4.69) is 0 Å². The number of anilines is 1. The number of nitrogens with zero attached hydrogens (tertiary/aromatic N) is 2. The van der Waals surface area contributed by atoms with Gasteiger partial charge in [-0.3, -0.25) is 4.79 Å². The number of rotatable bonds is 2. The van der Waals surface area contributed by atoms with Gasteiger partial charge >= 0.3 is 5.97 Å². The summed E-state index contributed by atoms with van der Waals surface area (Å²) in [6.45, 7) is 6.97. The van der Waals surface area contributed by atoms with E-state index in [0.717, 1.165) is 12.2 Å². The van der Waals surface area contributed by atoms with Crippen molar-refractivity contribution in [1.29, 1.82) is 0 Å². The first-order valence-electron chi connectivity index (χ1n) is 6.62. The predicted octanol–water partition coefficient (Wildman–Crippen LogP) is 1.75. The minimum Gasteiger partial charge on any atom is -0.478 e. The fourth-order valence-corrected chi connectivity index (χ4v) is 2.72. The number of amides is 1. The van der Waals surface area contributed by atoms with Crippen LogP contribution >= 0.6 is 0 Å². The molecule has 5 nitrogen and oxygen atoms in total. The van der Waals surface area contributed by atoms with Crippen LogP contribution in [0.4, 0.5) is 5.69 Å². The second kappa shape index (κ2) is 4.81. The highest BCUT2D eigenvalue weighted by atomic mass is 16.4. The van der Waals surface area contributed by atoms with E-state index in [1.54, 1.807) is 31.0 Å². The number of carboxylic acid groups (broad SMARTS) is 1. The van der Waals surface area contributed by atoms with E-state index in [1.165, 1.54) is 0 Å². The molecule has 20 heavy (non-hydrogen) atoms. The van der Waals surface area contributed by atoms with E-state index in [0.29, 0.717) is 17.7 Å². The Morgan fingerprint density at radius 1 is 1.30 bits per heavy atom. The molecule has 108 valence electrons. The zero-order valence-electron chi connectivity index (χ0n) is 12.3. The van der Waals surface area contributed by atoms with E-state index < -0.39 is 11.5 Å². The molecule has 1 aliphatic heterocycles. The Hall–Kier alpha value is -2.04. The van der Waals surface area contributed by atoms with Gasteiger partial charge in [-0.2, -0.15) is 0 Å². The van der Waals surface area contributed by atoms with Gasteiger partial charge in [0, 0.05) is 25.8 Å². The smallest absolute Gasteiger partial charge is 0.335 e. The lowest BCUT2D eigenvalue weighted by Gasteiger charge is -2.46. The minimum absolute atomic E-state index is 0.0729. The summed E-state index contributed by atoms with van der Waals surface area (Å²) < 4.78 is 0. The lowest BCUT2D eigenvalue weighted by Crippen LogP contribution is -2.62. The number of carbonyl (C=O) groups is 2. The quantitative estimate of drug-likeness (QED) is 0.894. The second-order valence-corrected chi connectivity index (χ2v) is 5.74. The van der Waals surface area contributed by atoms with Crippen molar-refractivity contribution < 1.29 is 14.7 Å². The summed E-state index contributed by atoms with van der Waals surface area (Å²) in [6, 6.07) is 5.21. The molecule has 0 aromatic heterocycles. The Morgan fingerprint density at radius 2 is 1.95 bits per heavy atom. The number of hydrogen-bond donors (Lipinski definition) is 1. The van der Waals surface area contributed by atoms with Gasteiger partial charge in [0.2, 0.25) is 5.91 Å². The molecule has 0 aliphatic carbocycles. The van der Waals surface area contributed by atoms with Gasteiger partial charge < -0.3 is 14.9 Å². The monoisotopic (exact) mass is 276 g/mol. The Bertz CT molecular complexity index is 566. The van der Waals surface area contributed by atoms with Crippen LogP contribution in [0.15, 0.2) is 18.2 Å². The van der Waals surface area contributed by atoms with E-state index >= 15 is 0 Å². The number of carboxylic acids is 1. The van der Waals surface area contributed by atoms with Crippen molar-refractivity contribution in [3.05, 3.63) is 29.3 Å². The van der Waals surface area contributed by atoms with Crippen LogP contribution in [0.25, 0.3) is 0 Å². The first kappa shape index (κ1) is 14.4. The number of hydrogen-bond acceptors (Lipinski definition) is 3. The average molecular weight is 276 g/mol. The van der Waals surface area contributed by atoms with E-state index in [9.17, 15) is 9.59 Å². The normalized spacial score (nSPS) is 18.3. The number of benzene rings is 1. The molecule has 0 unspecified atom stereocenters. The lowest BCUT2D eigenvalue weighted by atomic mass is 9.96. The summed E-state index contributed by atoms with van der Waals surface area (Å²) in [7, 11) is 1.81. The molecule has 1 N–H and O–H groups in total. The molecular weight excluding hydrogens is 256 g/mol. The van der Waals surface area contributed by atoms with Crippen LogP contribution < -0.4 is 4.90 Å². The molecule has 1 fully saturated rings. The molecule has 1 aliphatic rings. The molecule has 0 atom stereocenters. The highest BCUT2D eigenvalue weighted by Gasteiger charge is 2.40. The third-order valence-corrected chi connectivity index (χ3v) is 3.96. The largest absolute Gasteiger partial charge is 0.478 e. The standard InChI is InChI=1S/C15H20N2O3/c1-10-9-11(5-6-12(10)13(18)19)17-8-7-16(4)14(20)15(17,2)3/h5-6,9H,7-8H2,1-4H3,(H,18,19). The van der Waals surface area contributed by atoms with Gasteiger partial charge in [0.15, 0.2) is 0 Å². The van der Waals surface area contributed by atoms with Crippen molar-refractivity contribution in [2.24, 2.45) is 0 Å². The fourth-order valence-electron chi connectivity index (χ4n) is 2.72. The first-order valence-corrected chi connectivity index (χ1v) is 6.62. The van der Waals surface area contributed by atoms with Crippen LogP contribution in [0, 0.1) is 6.92 Å². The fraction of sp³-hybridized carbons (Fsp3) is 0.467. The van der Waals surface area contributed by atoms with Crippen molar-refractivity contribution in [1.82, 2.24) is 4.90 Å². The van der Waals surface area contributed by atoms with E-state index in [-0.39, 0.29) is 5.91 Å². The number of aryl methyl sites for hydroxylation is 1. The topological polar surface area (TPSA) is 60.9 Å². The summed E-state index contributed by atoms with van der Waals surface area (Å²) in [6.07, 6.45) is 0. The van der Waals surface area contributed by atoms with Gasteiger partial charge in [0.25, 0.3) is 0 Å². The SMILES string of the molecule is Cc1cc(N2CCN(C)C(=O)C2(C)C)ccc1C(=O)O. The van der Waals surface area contributed by atoms with E-state index in [1.807, 2.05) is 24.8 Å². The van der Waals surface area contributed by atoms with Gasteiger partial charge in [0.1, 0.15) is 5.54 Å². The molecule has 1 aromatic rings. The number of carbonyl (C=O) groups excluding carboxylic acids is 1. The molecule has 5 heteroatoms. The van der Waals surface area contributed by atoms with Crippen LogP contribution in [-0.4, -0.2) is 47.6 Å². The molecule has 0 bridgehead atoms. The highest BCUT2D eigenvalue weighted by Crippen LogP contribution is 2.29. The number of piperazine rings is 1. The van der Waals surface area contributed by atoms with Crippen LogP contribution in [0.2, 0.25) is 0 Å². The van der Waals surface area contributed by atoms with Gasteiger partial charge in [0.05, 0.1) is 5.56 Å². The Kier molecular flexibility index (Phi) is 3.46. The Labute approximate surface area is 118 Å². The lowest BCUT2D eigenvalue weighted by molar-refractivity contribution is -0.136. The maximum absolute atomic E-state index is 12.3. The maximum atomic E-state index is 12.3. The summed E-state index contributed by atoms with van der Waals surface area (Å²) >= 11 is 0.